The first-order chi connectivity index (χ1) is 14.9. The molecule has 0 radical (unpaired) electrons. The molecule has 0 aliphatic rings. The van der Waals surface area contributed by atoms with Crippen LogP contribution in [0, 0.1) is 0 Å². The zero-order chi connectivity index (χ0) is 21.8. The van der Waals surface area contributed by atoms with E-state index in [1.54, 1.807) is 0 Å². The monoisotopic (exact) mass is 415 g/mol. The highest BCUT2D eigenvalue weighted by molar-refractivity contribution is 5.55. The van der Waals surface area contributed by atoms with Gasteiger partial charge in [0.05, 0.1) is 6.54 Å². The van der Waals surface area contributed by atoms with Gasteiger partial charge in [-0.2, -0.15) is 10.3 Å². The summed E-state index contributed by atoms with van der Waals surface area (Å²) in [7, 11) is 0. The molecule has 31 heavy (non-hydrogen) atoms. The molecule has 0 amide bonds. The molecule has 0 spiro atoms. The van der Waals surface area contributed by atoms with E-state index in [9.17, 15) is 0 Å². The summed E-state index contributed by atoms with van der Waals surface area (Å²) >= 11 is 0. The maximum atomic E-state index is 4.81. The fraction of sp³-hybridized carbons (Fsp3) is 0.375. The van der Waals surface area contributed by atoms with Gasteiger partial charge in [0, 0.05) is 17.4 Å². The predicted molar refractivity (Wildman–Crippen MR) is 121 cm³/mol. The largest absolute Gasteiger partial charge is 0.245 e. The number of aromatic nitrogens is 7. The molecule has 0 fully saturated rings. The van der Waals surface area contributed by atoms with Gasteiger partial charge in [-0.05, 0) is 40.8 Å². The molecule has 7 nitrogen and oxygen atoms in total. The Balaban J connectivity index is 1.49. The van der Waals surface area contributed by atoms with Gasteiger partial charge in [-0.25, -0.2) is 9.67 Å². The lowest BCUT2D eigenvalue weighted by Gasteiger charge is -2.18. The van der Waals surface area contributed by atoms with Crippen molar-refractivity contribution in [2.24, 2.45) is 0 Å². The Bertz CT molecular complexity index is 1120. The molecule has 0 atom stereocenters. The van der Waals surface area contributed by atoms with E-state index in [0.717, 1.165) is 43.0 Å². The summed E-state index contributed by atoms with van der Waals surface area (Å²) in [5.41, 5.74) is 4.62. The fourth-order valence-corrected chi connectivity index (χ4v) is 3.66. The van der Waals surface area contributed by atoms with Crippen molar-refractivity contribution in [1.82, 2.24) is 35.4 Å². The van der Waals surface area contributed by atoms with Crippen molar-refractivity contribution in [3.63, 3.8) is 0 Å². The summed E-state index contributed by atoms with van der Waals surface area (Å²) in [6, 6.07) is 17.0. The molecule has 0 unspecified atom stereocenters. The van der Waals surface area contributed by atoms with Crippen molar-refractivity contribution in [3.05, 3.63) is 76.9 Å². The Morgan fingerprint density at radius 2 is 1.74 bits per heavy atom. The lowest BCUT2D eigenvalue weighted by molar-refractivity contribution is 0.490. The molecule has 7 heteroatoms. The normalized spacial score (nSPS) is 11.7. The van der Waals surface area contributed by atoms with E-state index in [1.165, 1.54) is 16.7 Å². The van der Waals surface area contributed by atoms with Gasteiger partial charge < -0.3 is 0 Å². The summed E-state index contributed by atoms with van der Waals surface area (Å²) in [6.07, 6.45) is 2.82. The first kappa shape index (κ1) is 20.9. The van der Waals surface area contributed by atoms with E-state index in [2.05, 4.69) is 89.4 Å². The molecule has 0 bridgehead atoms. The van der Waals surface area contributed by atoms with Crippen LogP contribution in [-0.2, 0) is 24.8 Å². The summed E-state index contributed by atoms with van der Waals surface area (Å²) < 4.78 is 2.06. The van der Waals surface area contributed by atoms with Crippen LogP contribution in [0.15, 0.2) is 48.5 Å². The van der Waals surface area contributed by atoms with Crippen LogP contribution >= 0.6 is 0 Å². The van der Waals surface area contributed by atoms with Crippen LogP contribution in [0.3, 0.4) is 0 Å². The molecule has 2 aromatic heterocycles. The van der Waals surface area contributed by atoms with Gasteiger partial charge >= 0.3 is 0 Å². The summed E-state index contributed by atoms with van der Waals surface area (Å²) in [5.74, 6) is 2.59. The van der Waals surface area contributed by atoms with Crippen molar-refractivity contribution in [2.75, 3.05) is 0 Å². The number of rotatable bonds is 7. The highest BCUT2D eigenvalue weighted by Gasteiger charge is 2.22. The molecule has 0 saturated heterocycles. The first-order valence-electron chi connectivity index (χ1n) is 10.8. The summed E-state index contributed by atoms with van der Waals surface area (Å²) in [5, 5.41) is 19.0. The SMILES string of the molecule is CCCc1nc(C(C)(C)C)n(Cc2ccc(Cc3cccc(-c4nn[nH]n4)c3)cc2)n1. The number of benzene rings is 2. The Kier molecular flexibility index (Phi) is 5.93. The third-order valence-corrected chi connectivity index (χ3v) is 5.15. The van der Waals surface area contributed by atoms with E-state index in [1.807, 2.05) is 12.1 Å². The zero-order valence-corrected chi connectivity index (χ0v) is 18.6. The minimum absolute atomic E-state index is 0.0390. The lowest BCUT2D eigenvalue weighted by atomic mass is 9.95. The first-order valence-corrected chi connectivity index (χ1v) is 10.8. The summed E-state index contributed by atoms with van der Waals surface area (Å²) in [4.78, 5) is 4.81. The molecular weight excluding hydrogens is 386 g/mol. The van der Waals surface area contributed by atoms with Crippen LogP contribution in [0.5, 0.6) is 0 Å². The number of hydrogen-bond acceptors (Lipinski definition) is 5. The fourth-order valence-electron chi connectivity index (χ4n) is 3.66. The second-order valence-electron chi connectivity index (χ2n) is 8.94. The number of hydrogen-bond donors (Lipinski definition) is 1. The Morgan fingerprint density at radius 1 is 0.968 bits per heavy atom. The topological polar surface area (TPSA) is 85.2 Å². The van der Waals surface area contributed by atoms with E-state index in [-0.39, 0.29) is 5.41 Å². The van der Waals surface area contributed by atoms with Crippen LogP contribution < -0.4 is 0 Å². The van der Waals surface area contributed by atoms with Gasteiger partial charge in [-0.15, -0.1) is 10.2 Å². The maximum absolute atomic E-state index is 4.81. The Morgan fingerprint density at radius 3 is 2.42 bits per heavy atom. The van der Waals surface area contributed by atoms with Gasteiger partial charge in [0.15, 0.2) is 5.82 Å². The van der Waals surface area contributed by atoms with Crippen LogP contribution in [0.4, 0.5) is 0 Å². The van der Waals surface area contributed by atoms with Gasteiger partial charge in [-0.3, -0.25) is 0 Å². The minimum Gasteiger partial charge on any atom is -0.245 e. The molecule has 1 N–H and O–H groups in total. The molecular formula is C24H29N7. The van der Waals surface area contributed by atoms with Crippen molar-refractivity contribution in [3.8, 4) is 11.4 Å². The predicted octanol–water partition coefficient (Wildman–Crippen LogP) is 4.35. The molecule has 2 aromatic carbocycles. The van der Waals surface area contributed by atoms with Gasteiger partial charge in [0.25, 0.3) is 0 Å². The van der Waals surface area contributed by atoms with Crippen LogP contribution in [-0.4, -0.2) is 35.4 Å². The van der Waals surface area contributed by atoms with Crippen molar-refractivity contribution >= 4 is 0 Å². The number of tetrazole rings is 1. The zero-order valence-electron chi connectivity index (χ0n) is 18.6. The molecule has 4 aromatic rings. The van der Waals surface area contributed by atoms with Gasteiger partial charge in [0.1, 0.15) is 5.82 Å². The molecule has 2 heterocycles. The van der Waals surface area contributed by atoms with E-state index in [0.29, 0.717) is 5.82 Å². The number of aromatic amines is 1. The number of nitrogens with one attached hydrogen (secondary N) is 1. The van der Waals surface area contributed by atoms with E-state index in [4.69, 9.17) is 10.1 Å². The molecule has 0 aliphatic carbocycles. The van der Waals surface area contributed by atoms with Crippen LogP contribution in [0.1, 0.15) is 62.5 Å². The van der Waals surface area contributed by atoms with Crippen LogP contribution in [0.25, 0.3) is 11.4 Å². The molecule has 0 aliphatic heterocycles. The molecule has 0 saturated carbocycles. The van der Waals surface area contributed by atoms with E-state index < -0.39 is 0 Å². The highest BCUT2D eigenvalue weighted by atomic mass is 15.5. The number of H-pyrrole nitrogens is 1. The van der Waals surface area contributed by atoms with Gasteiger partial charge in [0.2, 0.25) is 5.82 Å². The average Bonchev–Trinajstić information content (AvgIpc) is 3.40. The quantitative estimate of drug-likeness (QED) is 0.485. The highest BCUT2D eigenvalue weighted by Crippen LogP contribution is 2.22. The van der Waals surface area contributed by atoms with Crippen molar-refractivity contribution < 1.29 is 0 Å². The maximum Gasteiger partial charge on any atom is 0.204 e. The Hall–Kier alpha value is -3.35. The average molecular weight is 416 g/mol. The van der Waals surface area contributed by atoms with Crippen molar-refractivity contribution in [2.45, 2.75) is 58.9 Å². The second-order valence-corrected chi connectivity index (χ2v) is 8.94. The van der Waals surface area contributed by atoms with E-state index >= 15 is 0 Å². The minimum atomic E-state index is -0.0390. The second kappa shape index (κ2) is 8.79. The van der Waals surface area contributed by atoms with Crippen molar-refractivity contribution in [1.29, 1.82) is 0 Å². The Labute approximate surface area is 182 Å². The third kappa shape index (κ3) is 5.05. The third-order valence-electron chi connectivity index (χ3n) is 5.15. The molecule has 160 valence electrons. The summed E-state index contributed by atoms with van der Waals surface area (Å²) in [6.45, 7) is 9.46. The lowest BCUT2D eigenvalue weighted by Crippen LogP contribution is -2.20. The number of nitrogens with zero attached hydrogens (tertiary/aromatic N) is 6. The van der Waals surface area contributed by atoms with Gasteiger partial charge in [-0.1, -0.05) is 70.2 Å². The standard InChI is InChI=1S/C24H29N7/c1-5-7-21-25-23(24(2,3)4)31(28-21)16-18-12-10-17(11-13-18)14-19-8-6-9-20(15-19)22-26-29-30-27-22/h6,8-13,15H,5,7,14,16H2,1-4H3,(H,26,27,29,30). The number of aryl methyl sites for hydroxylation is 1. The molecule has 4 rings (SSSR count). The smallest absolute Gasteiger partial charge is 0.204 e. The van der Waals surface area contributed by atoms with Crippen LogP contribution in [0.2, 0.25) is 0 Å².